The number of nitrogens with zero attached hydrogens (tertiary/aromatic N) is 2. The molecule has 2 rings (SSSR count). The fourth-order valence-electron chi connectivity index (χ4n) is 1.53. The predicted octanol–water partition coefficient (Wildman–Crippen LogP) is 2.90. The lowest BCUT2D eigenvalue weighted by atomic mass is 10.2. The second-order valence-electron chi connectivity index (χ2n) is 4.05. The van der Waals surface area contributed by atoms with Crippen molar-refractivity contribution < 1.29 is 9.13 Å². The van der Waals surface area contributed by atoms with Gasteiger partial charge in [-0.15, -0.1) is 0 Å². The lowest BCUT2D eigenvalue weighted by Crippen LogP contribution is -2.05. The maximum atomic E-state index is 13.4. The minimum absolute atomic E-state index is 0.120. The topological polar surface area (TPSA) is 71.9 Å². The molecule has 2 N–H and O–H groups in total. The molecule has 0 saturated heterocycles. The van der Waals surface area contributed by atoms with Gasteiger partial charge < -0.3 is 10.5 Å². The first-order valence-electron chi connectivity index (χ1n) is 5.70. The van der Waals surface area contributed by atoms with Crippen LogP contribution in [-0.2, 0) is 0 Å². The molecule has 0 fully saturated rings. The number of halogens is 1. The van der Waals surface area contributed by atoms with Crippen molar-refractivity contribution >= 4 is 0 Å². The first-order valence-corrected chi connectivity index (χ1v) is 5.70. The van der Waals surface area contributed by atoms with Gasteiger partial charge in [-0.25, -0.2) is 9.37 Å². The molecule has 2 aromatic rings. The quantitative estimate of drug-likeness (QED) is 0.917. The molecule has 0 radical (unpaired) electrons. The minimum Gasteiger partial charge on any atom is -0.438 e. The molecule has 0 bridgehead atoms. The van der Waals surface area contributed by atoms with Crippen LogP contribution in [0.5, 0.6) is 11.6 Å². The molecule has 1 heterocycles. The molecular weight excluding hydrogens is 245 g/mol. The van der Waals surface area contributed by atoms with Crippen LogP contribution >= 0.6 is 0 Å². The summed E-state index contributed by atoms with van der Waals surface area (Å²) >= 11 is 0. The standard InChI is InChI=1S/C14H12FN3O/c1-9(17)10-5-6-14(18-8-10)19-13-4-2-3-12(15)11(13)7-16/h2-6,8-9H,17H2,1H3/t9-/m0/s1. The third kappa shape index (κ3) is 2.87. The fraction of sp³-hybridized carbons (Fsp3) is 0.143. The zero-order valence-corrected chi connectivity index (χ0v) is 10.3. The Bertz CT molecular complexity index is 618. The van der Waals surface area contributed by atoms with Gasteiger partial charge in [0.05, 0.1) is 0 Å². The van der Waals surface area contributed by atoms with E-state index in [1.165, 1.54) is 18.2 Å². The van der Waals surface area contributed by atoms with E-state index in [2.05, 4.69) is 4.98 Å². The number of rotatable bonds is 3. The number of hydrogen-bond acceptors (Lipinski definition) is 4. The fourth-order valence-corrected chi connectivity index (χ4v) is 1.53. The molecule has 96 valence electrons. The van der Waals surface area contributed by atoms with E-state index in [1.54, 1.807) is 24.4 Å². The van der Waals surface area contributed by atoms with Crippen molar-refractivity contribution in [2.45, 2.75) is 13.0 Å². The summed E-state index contributed by atoms with van der Waals surface area (Å²) in [6.45, 7) is 1.85. The average molecular weight is 257 g/mol. The molecule has 0 aliphatic rings. The Kier molecular flexibility index (Phi) is 3.74. The molecule has 19 heavy (non-hydrogen) atoms. The van der Waals surface area contributed by atoms with E-state index >= 15 is 0 Å². The van der Waals surface area contributed by atoms with Crippen LogP contribution in [0.2, 0.25) is 0 Å². The van der Waals surface area contributed by atoms with Crippen molar-refractivity contribution in [3.63, 3.8) is 0 Å². The highest BCUT2D eigenvalue weighted by atomic mass is 19.1. The number of aromatic nitrogens is 1. The molecule has 1 aromatic carbocycles. The van der Waals surface area contributed by atoms with Crippen molar-refractivity contribution in [2.24, 2.45) is 5.73 Å². The van der Waals surface area contributed by atoms with Crippen LogP contribution < -0.4 is 10.5 Å². The summed E-state index contributed by atoms with van der Waals surface area (Å²) < 4.78 is 18.8. The molecule has 0 spiro atoms. The molecule has 0 unspecified atom stereocenters. The minimum atomic E-state index is -0.618. The Hall–Kier alpha value is -2.45. The average Bonchev–Trinajstić information content (AvgIpc) is 2.39. The SMILES string of the molecule is C[C@H](N)c1ccc(Oc2cccc(F)c2C#N)nc1. The van der Waals surface area contributed by atoms with Crippen molar-refractivity contribution in [3.05, 3.63) is 53.5 Å². The summed E-state index contributed by atoms with van der Waals surface area (Å²) in [5.41, 5.74) is 6.44. The van der Waals surface area contributed by atoms with Gasteiger partial charge in [-0.3, -0.25) is 0 Å². The molecule has 0 saturated carbocycles. The van der Waals surface area contributed by atoms with E-state index in [-0.39, 0.29) is 23.2 Å². The van der Waals surface area contributed by atoms with E-state index in [4.69, 9.17) is 15.7 Å². The maximum Gasteiger partial charge on any atom is 0.219 e. The van der Waals surface area contributed by atoms with Crippen LogP contribution in [0.3, 0.4) is 0 Å². The van der Waals surface area contributed by atoms with Crippen LogP contribution in [0.25, 0.3) is 0 Å². The third-order valence-electron chi connectivity index (χ3n) is 2.59. The smallest absolute Gasteiger partial charge is 0.219 e. The number of benzene rings is 1. The summed E-state index contributed by atoms with van der Waals surface area (Å²) in [6.07, 6.45) is 1.59. The van der Waals surface area contributed by atoms with Crippen molar-refractivity contribution in [1.82, 2.24) is 4.98 Å². The lowest BCUT2D eigenvalue weighted by Gasteiger charge is -2.08. The highest BCUT2D eigenvalue weighted by Crippen LogP contribution is 2.25. The van der Waals surface area contributed by atoms with Gasteiger partial charge in [0.15, 0.2) is 0 Å². The van der Waals surface area contributed by atoms with Crippen molar-refractivity contribution in [2.75, 3.05) is 0 Å². The zero-order valence-electron chi connectivity index (χ0n) is 10.3. The Labute approximate surface area is 110 Å². The van der Waals surface area contributed by atoms with Crippen LogP contribution in [0.15, 0.2) is 36.5 Å². The van der Waals surface area contributed by atoms with Gasteiger partial charge in [0.1, 0.15) is 23.2 Å². The molecule has 4 nitrogen and oxygen atoms in total. The summed E-state index contributed by atoms with van der Waals surface area (Å²) in [4.78, 5) is 4.07. The number of hydrogen-bond donors (Lipinski definition) is 1. The van der Waals surface area contributed by atoms with Gasteiger partial charge in [0, 0.05) is 18.3 Å². The molecule has 0 amide bonds. The molecule has 1 atom stereocenters. The molecule has 5 heteroatoms. The zero-order chi connectivity index (χ0) is 13.8. The first kappa shape index (κ1) is 13.0. The number of nitriles is 1. The van der Waals surface area contributed by atoms with E-state index in [1.807, 2.05) is 6.92 Å². The molecule has 0 aliphatic heterocycles. The Morgan fingerprint density at radius 2 is 2.16 bits per heavy atom. The maximum absolute atomic E-state index is 13.4. The summed E-state index contributed by atoms with van der Waals surface area (Å²) in [6, 6.07) is 9.25. The molecular formula is C14H12FN3O. The van der Waals surface area contributed by atoms with E-state index in [9.17, 15) is 4.39 Å². The number of ether oxygens (including phenoxy) is 1. The Balaban J connectivity index is 2.27. The lowest BCUT2D eigenvalue weighted by molar-refractivity contribution is 0.455. The molecule has 1 aromatic heterocycles. The van der Waals surface area contributed by atoms with Gasteiger partial charge in [-0.05, 0) is 24.6 Å². The predicted molar refractivity (Wildman–Crippen MR) is 68.0 cm³/mol. The van der Waals surface area contributed by atoms with E-state index in [0.29, 0.717) is 0 Å². The second-order valence-corrected chi connectivity index (χ2v) is 4.05. The second kappa shape index (κ2) is 5.46. The van der Waals surface area contributed by atoms with Crippen molar-refractivity contribution in [1.29, 1.82) is 5.26 Å². The van der Waals surface area contributed by atoms with Crippen molar-refractivity contribution in [3.8, 4) is 17.7 Å². The van der Waals surface area contributed by atoms with E-state index < -0.39 is 5.82 Å². The Morgan fingerprint density at radius 1 is 1.37 bits per heavy atom. The molecule has 0 aliphatic carbocycles. The van der Waals surface area contributed by atoms with Gasteiger partial charge >= 0.3 is 0 Å². The first-order chi connectivity index (χ1) is 9.11. The largest absolute Gasteiger partial charge is 0.438 e. The summed E-state index contributed by atoms with van der Waals surface area (Å²) in [5.74, 6) is -0.192. The number of nitrogens with two attached hydrogens (primary N) is 1. The highest BCUT2D eigenvalue weighted by Gasteiger charge is 2.10. The third-order valence-corrected chi connectivity index (χ3v) is 2.59. The number of pyridine rings is 1. The van der Waals surface area contributed by atoms with Crippen LogP contribution in [0, 0.1) is 17.1 Å². The van der Waals surface area contributed by atoms with Gasteiger partial charge in [0.25, 0.3) is 0 Å². The van der Waals surface area contributed by atoms with Gasteiger partial charge in [-0.1, -0.05) is 12.1 Å². The van der Waals surface area contributed by atoms with Crippen LogP contribution in [-0.4, -0.2) is 4.98 Å². The monoisotopic (exact) mass is 257 g/mol. The summed E-state index contributed by atoms with van der Waals surface area (Å²) in [5, 5.41) is 8.89. The highest BCUT2D eigenvalue weighted by molar-refractivity contribution is 5.45. The Morgan fingerprint density at radius 3 is 2.74 bits per heavy atom. The van der Waals surface area contributed by atoms with E-state index in [0.717, 1.165) is 5.56 Å². The van der Waals surface area contributed by atoms with Crippen LogP contribution in [0.1, 0.15) is 24.1 Å². The van der Waals surface area contributed by atoms with Crippen LogP contribution in [0.4, 0.5) is 4.39 Å². The summed E-state index contributed by atoms with van der Waals surface area (Å²) in [7, 11) is 0. The van der Waals surface area contributed by atoms with Gasteiger partial charge in [-0.2, -0.15) is 5.26 Å². The van der Waals surface area contributed by atoms with Gasteiger partial charge in [0.2, 0.25) is 5.88 Å². The normalized spacial score (nSPS) is 11.7.